The van der Waals surface area contributed by atoms with Crippen LogP contribution >= 0.6 is 0 Å². The second-order valence-corrected chi connectivity index (χ2v) is 4.80. The number of likely N-dealkylation sites (tertiary alicyclic amines) is 1. The highest BCUT2D eigenvalue weighted by Crippen LogP contribution is 2.19. The summed E-state index contributed by atoms with van der Waals surface area (Å²) >= 11 is 0. The molecule has 2 N–H and O–H groups in total. The molecule has 120 valence electrons. The highest BCUT2D eigenvalue weighted by molar-refractivity contribution is 5.92. The van der Waals surface area contributed by atoms with Crippen molar-refractivity contribution in [1.82, 2.24) is 10.2 Å². The van der Waals surface area contributed by atoms with Crippen molar-refractivity contribution in [3.8, 4) is 5.75 Å². The molecule has 1 aliphatic rings. The van der Waals surface area contributed by atoms with Gasteiger partial charge >= 0.3 is 12.6 Å². The standard InChI is InChI=1S/C14H17F2N3O3/c15-13(16)22-11-5-3-4-10(8-11)18-14(21)17-9-12(20)19-6-1-2-7-19/h3-5,8,13H,1-2,6-7,9H2,(H2,17,18,21). The molecule has 6 nitrogen and oxygen atoms in total. The first-order valence-corrected chi connectivity index (χ1v) is 6.92. The van der Waals surface area contributed by atoms with Gasteiger partial charge in [-0.25, -0.2) is 4.79 Å². The lowest BCUT2D eigenvalue weighted by molar-refractivity contribution is -0.128. The van der Waals surface area contributed by atoms with Crippen LogP contribution in [0.1, 0.15) is 12.8 Å². The highest BCUT2D eigenvalue weighted by Gasteiger charge is 2.18. The summed E-state index contributed by atoms with van der Waals surface area (Å²) in [4.78, 5) is 25.1. The molecule has 0 aromatic heterocycles. The second-order valence-electron chi connectivity index (χ2n) is 4.80. The van der Waals surface area contributed by atoms with Gasteiger partial charge in [0.05, 0.1) is 6.54 Å². The van der Waals surface area contributed by atoms with Crippen molar-refractivity contribution >= 4 is 17.6 Å². The molecule has 0 bridgehead atoms. The Labute approximate surface area is 126 Å². The number of halogens is 2. The van der Waals surface area contributed by atoms with Crippen molar-refractivity contribution in [2.24, 2.45) is 0 Å². The molecule has 8 heteroatoms. The maximum Gasteiger partial charge on any atom is 0.387 e. The van der Waals surface area contributed by atoms with Gasteiger partial charge in [0.15, 0.2) is 0 Å². The van der Waals surface area contributed by atoms with Gasteiger partial charge in [-0.05, 0) is 25.0 Å². The van der Waals surface area contributed by atoms with Gasteiger partial charge in [0, 0.05) is 24.8 Å². The SMILES string of the molecule is O=C(NCC(=O)N1CCCC1)Nc1cccc(OC(F)F)c1. The molecule has 1 saturated heterocycles. The molecule has 2 rings (SSSR count). The number of anilines is 1. The van der Waals surface area contributed by atoms with E-state index in [1.807, 2.05) is 0 Å². The number of rotatable bonds is 5. The number of urea groups is 1. The highest BCUT2D eigenvalue weighted by atomic mass is 19.3. The van der Waals surface area contributed by atoms with E-state index in [2.05, 4.69) is 15.4 Å². The van der Waals surface area contributed by atoms with E-state index >= 15 is 0 Å². The maximum absolute atomic E-state index is 12.1. The van der Waals surface area contributed by atoms with Gasteiger partial charge in [0.1, 0.15) is 5.75 Å². The van der Waals surface area contributed by atoms with Crippen LogP contribution in [0.2, 0.25) is 0 Å². The molecule has 0 aliphatic carbocycles. The minimum atomic E-state index is -2.93. The monoisotopic (exact) mass is 313 g/mol. The van der Waals surface area contributed by atoms with Gasteiger partial charge < -0.3 is 20.3 Å². The van der Waals surface area contributed by atoms with Crippen LogP contribution in [0.25, 0.3) is 0 Å². The lowest BCUT2D eigenvalue weighted by atomic mass is 10.3. The average Bonchev–Trinajstić information content (AvgIpc) is 2.98. The number of alkyl halides is 2. The predicted molar refractivity (Wildman–Crippen MR) is 75.9 cm³/mol. The number of nitrogens with zero attached hydrogens (tertiary/aromatic N) is 1. The van der Waals surface area contributed by atoms with E-state index in [4.69, 9.17) is 0 Å². The molecule has 1 heterocycles. The number of carbonyl (C=O) groups is 2. The zero-order valence-electron chi connectivity index (χ0n) is 11.9. The van der Waals surface area contributed by atoms with Crippen molar-refractivity contribution in [3.63, 3.8) is 0 Å². The molecule has 0 saturated carbocycles. The number of benzene rings is 1. The number of amides is 3. The molecule has 0 unspecified atom stereocenters. The van der Waals surface area contributed by atoms with Gasteiger partial charge in [0.25, 0.3) is 0 Å². The Balaban J connectivity index is 1.80. The molecule has 0 atom stereocenters. The number of hydrogen-bond acceptors (Lipinski definition) is 3. The van der Waals surface area contributed by atoms with E-state index in [9.17, 15) is 18.4 Å². The van der Waals surface area contributed by atoms with Gasteiger partial charge in [-0.3, -0.25) is 4.79 Å². The Morgan fingerprint density at radius 2 is 2.00 bits per heavy atom. The second kappa shape index (κ2) is 7.58. The predicted octanol–water partition coefficient (Wildman–Crippen LogP) is 2.03. The summed E-state index contributed by atoms with van der Waals surface area (Å²) in [6, 6.07) is 5.05. The molecular formula is C14H17F2N3O3. The van der Waals surface area contributed by atoms with Crippen LogP contribution in [0.4, 0.5) is 19.3 Å². The largest absolute Gasteiger partial charge is 0.435 e. The molecule has 0 spiro atoms. The van der Waals surface area contributed by atoms with Crippen LogP contribution in [-0.2, 0) is 4.79 Å². The Hall–Kier alpha value is -2.38. The number of nitrogens with one attached hydrogen (secondary N) is 2. The molecule has 22 heavy (non-hydrogen) atoms. The van der Waals surface area contributed by atoms with E-state index < -0.39 is 12.6 Å². The lowest BCUT2D eigenvalue weighted by Gasteiger charge is -2.15. The van der Waals surface area contributed by atoms with Crippen LogP contribution in [0.15, 0.2) is 24.3 Å². The third kappa shape index (κ3) is 4.87. The fraction of sp³-hybridized carbons (Fsp3) is 0.429. The number of carbonyl (C=O) groups excluding carboxylic acids is 2. The van der Waals surface area contributed by atoms with Crippen molar-refractivity contribution in [2.45, 2.75) is 19.5 Å². The molecule has 1 aromatic carbocycles. The topological polar surface area (TPSA) is 70.7 Å². The summed E-state index contributed by atoms with van der Waals surface area (Å²) in [5.74, 6) is -0.191. The lowest BCUT2D eigenvalue weighted by Crippen LogP contribution is -2.40. The summed E-state index contributed by atoms with van der Waals surface area (Å²) in [5, 5.41) is 4.89. The summed E-state index contributed by atoms with van der Waals surface area (Å²) in [6.07, 6.45) is 1.96. The normalized spacial score (nSPS) is 14.0. The van der Waals surface area contributed by atoms with Crippen molar-refractivity contribution < 1.29 is 23.1 Å². The fourth-order valence-corrected chi connectivity index (χ4v) is 2.16. The van der Waals surface area contributed by atoms with E-state index in [-0.39, 0.29) is 18.2 Å². The molecule has 1 aromatic rings. The van der Waals surface area contributed by atoms with Crippen LogP contribution in [0, 0.1) is 0 Å². The van der Waals surface area contributed by atoms with E-state index in [1.54, 1.807) is 4.90 Å². The molecule has 1 fully saturated rings. The fourth-order valence-electron chi connectivity index (χ4n) is 2.16. The number of hydrogen-bond donors (Lipinski definition) is 2. The zero-order valence-corrected chi connectivity index (χ0v) is 11.9. The third-order valence-corrected chi connectivity index (χ3v) is 3.18. The van der Waals surface area contributed by atoms with Crippen LogP contribution < -0.4 is 15.4 Å². The average molecular weight is 313 g/mol. The van der Waals surface area contributed by atoms with Gasteiger partial charge in [0.2, 0.25) is 5.91 Å². The smallest absolute Gasteiger partial charge is 0.387 e. The quantitative estimate of drug-likeness (QED) is 0.874. The molecule has 1 aliphatic heterocycles. The minimum absolute atomic E-state index is 0.0547. The van der Waals surface area contributed by atoms with Crippen molar-refractivity contribution in [1.29, 1.82) is 0 Å². The van der Waals surface area contributed by atoms with Gasteiger partial charge in [-0.2, -0.15) is 8.78 Å². The third-order valence-electron chi connectivity index (χ3n) is 3.18. The zero-order chi connectivity index (χ0) is 15.9. The maximum atomic E-state index is 12.1. The summed E-state index contributed by atoms with van der Waals surface area (Å²) < 4.78 is 28.5. The first-order chi connectivity index (χ1) is 10.5. The van der Waals surface area contributed by atoms with E-state index in [0.717, 1.165) is 25.9 Å². The van der Waals surface area contributed by atoms with Crippen molar-refractivity contribution in [3.05, 3.63) is 24.3 Å². The Bertz CT molecular complexity index is 534. The van der Waals surface area contributed by atoms with Crippen LogP contribution in [0.5, 0.6) is 5.75 Å². The minimum Gasteiger partial charge on any atom is -0.435 e. The van der Waals surface area contributed by atoms with E-state index in [0.29, 0.717) is 5.69 Å². The molecule has 3 amide bonds. The summed E-state index contributed by atoms with van der Waals surface area (Å²) in [7, 11) is 0. The summed E-state index contributed by atoms with van der Waals surface area (Å²) in [5.41, 5.74) is 0.296. The molecule has 0 radical (unpaired) electrons. The van der Waals surface area contributed by atoms with E-state index in [1.165, 1.54) is 24.3 Å². The van der Waals surface area contributed by atoms with Crippen molar-refractivity contribution in [2.75, 3.05) is 25.0 Å². The first kappa shape index (κ1) is 16.0. The molecular weight excluding hydrogens is 296 g/mol. The summed E-state index contributed by atoms with van der Waals surface area (Å²) in [6.45, 7) is -1.59. The Kier molecular flexibility index (Phi) is 5.51. The first-order valence-electron chi connectivity index (χ1n) is 6.92. The van der Waals surface area contributed by atoms with Gasteiger partial charge in [-0.15, -0.1) is 0 Å². The Morgan fingerprint density at radius 1 is 1.27 bits per heavy atom. The Morgan fingerprint density at radius 3 is 2.68 bits per heavy atom. The van der Waals surface area contributed by atoms with Crippen LogP contribution in [0.3, 0.4) is 0 Å². The van der Waals surface area contributed by atoms with Crippen LogP contribution in [-0.4, -0.2) is 43.1 Å². The van der Waals surface area contributed by atoms with Gasteiger partial charge in [-0.1, -0.05) is 6.07 Å². The number of ether oxygens (including phenoxy) is 1.